The predicted molar refractivity (Wildman–Crippen MR) is 86.5 cm³/mol. The molecule has 2 saturated heterocycles. The van der Waals surface area contributed by atoms with Crippen LogP contribution in [0, 0.1) is 0 Å². The number of hydrogen-bond acceptors (Lipinski definition) is 4. The molecule has 0 aliphatic carbocycles. The molecule has 22 heavy (non-hydrogen) atoms. The number of rotatable bonds is 4. The van der Waals surface area contributed by atoms with Crippen LogP contribution in [-0.4, -0.2) is 61.2 Å². The van der Waals surface area contributed by atoms with E-state index in [1.54, 1.807) is 16.4 Å². The van der Waals surface area contributed by atoms with Gasteiger partial charge in [0, 0.05) is 19.6 Å². The van der Waals surface area contributed by atoms with Gasteiger partial charge in [0.15, 0.2) is 0 Å². The summed E-state index contributed by atoms with van der Waals surface area (Å²) in [5.74, 6) is 1.18. The van der Waals surface area contributed by atoms with Crippen molar-refractivity contribution in [1.82, 2.24) is 9.21 Å². The van der Waals surface area contributed by atoms with E-state index >= 15 is 0 Å². The van der Waals surface area contributed by atoms with Crippen molar-refractivity contribution in [1.29, 1.82) is 0 Å². The van der Waals surface area contributed by atoms with Crippen molar-refractivity contribution in [2.24, 2.45) is 0 Å². The minimum atomic E-state index is -2.96. The van der Waals surface area contributed by atoms with Gasteiger partial charge < -0.3 is 10.0 Å². The van der Waals surface area contributed by atoms with E-state index in [-0.39, 0.29) is 0 Å². The van der Waals surface area contributed by atoms with Crippen LogP contribution in [0.15, 0.2) is 24.3 Å². The first-order valence-electron chi connectivity index (χ1n) is 8.04. The van der Waals surface area contributed by atoms with E-state index < -0.39 is 10.0 Å². The fraction of sp³-hybridized carbons (Fsp3) is 0.625. The van der Waals surface area contributed by atoms with Gasteiger partial charge in [-0.3, -0.25) is 0 Å². The molecule has 0 saturated carbocycles. The average molecular weight is 324 g/mol. The van der Waals surface area contributed by atoms with Gasteiger partial charge in [-0.15, -0.1) is 0 Å². The Labute approximate surface area is 132 Å². The molecule has 0 atom stereocenters. The predicted octanol–water partition coefficient (Wildman–Crippen LogP) is 1.61. The Hall–Kier alpha value is -1.11. The molecule has 2 heterocycles. The zero-order chi connectivity index (χ0) is 15.6. The molecule has 1 aromatic carbocycles. The Balaban J connectivity index is 1.47. The normalized spacial score (nSPS) is 23.8. The number of hydrogen-bond donors (Lipinski definition) is 1. The number of piperidine rings is 1. The summed E-state index contributed by atoms with van der Waals surface area (Å²) in [6.07, 6.45) is 2.96. The molecule has 2 fully saturated rings. The summed E-state index contributed by atoms with van der Waals surface area (Å²) in [5.41, 5.74) is 1.29. The number of likely N-dealkylation sites (tertiary alicyclic amines) is 1. The van der Waals surface area contributed by atoms with Gasteiger partial charge in [0.05, 0.1) is 5.75 Å². The Kier molecular flexibility index (Phi) is 4.70. The first-order chi connectivity index (χ1) is 10.5. The van der Waals surface area contributed by atoms with Gasteiger partial charge in [-0.1, -0.05) is 12.1 Å². The van der Waals surface area contributed by atoms with Gasteiger partial charge >= 0.3 is 0 Å². The molecule has 122 valence electrons. The number of benzene rings is 1. The highest BCUT2D eigenvalue weighted by Gasteiger charge is 2.28. The third-order valence-corrected chi connectivity index (χ3v) is 6.78. The van der Waals surface area contributed by atoms with E-state index in [9.17, 15) is 13.5 Å². The molecule has 5 nitrogen and oxygen atoms in total. The third kappa shape index (κ3) is 3.62. The fourth-order valence-corrected chi connectivity index (χ4v) is 4.95. The van der Waals surface area contributed by atoms with Gasteiger partial charge in [0.2, 0.25) is 10.0 Å². The maximum absolute atomic E-state index is 11.8. The van der Waals surface area contributed by atoms with Crippen LogP contribution >= 0.6 is 0 Å². The average Bonchev–Trinajstić information content (AvgIpc) is 2.85. The van der Waals surface area contributed by atoms with Crippen molar-refractivity contribution in [3.8, 4) is 5.75 Å². The Morgan fingerprint density at radius 2 is 1.73 bits per heavy atom. The molecular formula is C16H24N2O3S. The standard InChI is InChI=1S/C16H24N2O3S/c19-16-4-2-14(3-5-16)15-6-9-17(10-7-15)11-12-18-8-1-13-22(18,20)21/h2-5,15,19H,1,6-13H2. The smallest absolute Gasteiger partial charge is 0.214 e. The lowest BCUT2D eigenvalue weighted by molar-refractivity contribution is 0.201. The van der Waals surface area contributed by atoms with Gasteiger partial charge in [0.1, 0.15) is 5.75 Å². The van der Waals surface area contributed by atoms with E-state index in [1.807, 2.05) is 12.1 Å². The molecule has 0 radical (unpaired) electrons. The zero-order valence-electron chi connectivity index (χ0n) is 12.8. The second-order valence-corrected chi connectivity index (χ2v) is 8.36. The molecule has 6 heteroatoms. The van der Waals surface area contributed by atoms with E-state index in [2.05, 4.69) is 4.90 Å². The highest BCUT2D eigenvalue weighted by atomic mass is 32.2. The van der Waals surface area contributed by atoms with Crippen LogP contribution in [0.2, 0.25) is 0 Å². The van der Waals surface area contributed by atoms with Gasteiger partial charge in [-0.25, -0.2) is 12.7 Å². The molecule has 2 aliphatic heterocycles. The second-order valence-electron chi connectivity index (χ2n) is 6.28. The van der Waals surface area contributed by atoms with Crippen molar-refractivity contribution in [3.05, 3.63) is 29.8 Å². The van der Waals surface area contributed by atoms with Crippen LogP contribution in [0.1, 0.15) is 30.7 Å². The van der Waals surface area contributed by atoms with Crippen molar-refractivity contribution in [3.63, 3.8) is 0 Å². The molecule has 0 unspecified atom stereocenters. The number of nitrogens with zero attached hydrogens (tertiary/aromatic N) is 2. The molecule has 0 spiro atoms. The van der Waals surface area contributed by atoms with Gasteiger partial charge in [-0.2, -0.15) is 0 Å². The van der Waals surface area contributed by atoms with Crippen molar-refractivity contribution >= 4 is 10.0 Å². The summed E-state index contributed by atoms with van der Waals surface area (Å²) in [6.45, 7) is 4.18. The fourth-order valence-electron chi connectivity index (χ4n) is 3.43. The quantitative estimate of drug-likeness (QED) is 0.914. The van der Waals surface area contributed by atoms with E-state index in [0.717, 1.165) is 38.9 Å². The lowest BCUT2D eigenvalue weighted by Crippen LogP contribution is -2.39. The first-order valence-corrected chi connectivity index (χ1v) is 9.65. The van der Waals surface area contributed by atoms with E-state index in [0.29, 0.717) is 30.5 Å². The highest BCUT2D eigenvalue weighted by molar-refractivity contribution is 7.89. The minimum absolute atomic E-state index is 0.313. The summed E-state index contributed by atoms with van der Waals surface area (Å²) in [7, 11) is -2.96. The summed E-state index contributed by atoms with van der Waals surface area (Å²) in [5, 5.41) is 9.35. The monoisotopic (exact) mass is 324 g/mol. The number of sulfonamides is 1. The summed E-state index contributed by atoms with van der Waals surface area (Å²) in [4.78, 5) is 2.37. The van der Waals surface area contributed by atoms with Crippen molar-refractivity contribution < 1.29 is 13.5 Å². The van der Waals surface area contributed by atoms with Crippen LogP contribution < -0.4 is 0 Å². The maximum atomic E-state index is 11.8. The topological polar surface area (TPSA) is 60.9 Å². The van der Waals surface area contributed by atoms with Crippen LogP contribution in [0.3, 0.4) is 0 Å². The summed E-state index contributed by atoms with van der Waals surface area (Å²) >= 11 is 0. The van der Waals surface area contributed by atoms with Crippen LogP contribution in [-0.2, 0) is 10.0 Å². The van der Waals surface area contributed by atoms with Crippen LogP contribution in [0.4, 0.5) is 0 Å². The SMILES string of the molecule is O=S1(=O)CCCN1CCN1CCC(c2ccc(O)cc2)CC1. The van der Waals surface area contributed by atoms with Crippen molar-refractivity contribution in [2.75, 3.05) is 38.5 Å². The molecular weight excluding hydrogens is 300 g/mol. The third-order valence-electron chi connectivity index (χ3n) is 4.82. The molecule has 0 bridgehead atoms. The highest BCUT2D eigenvalue weighted by Crippen LogP contribution is 2.29. The van der Waals surface area contributed by atoms with Crippen LogP contribution in [0.5, 0.6) is 5.75 Å². The number of phenolic OH excluding ortho intramolecular Hbond substituents is 1. The van der Waals surface area contributed by atoms with E-state index in [4.69, 9.17) is 0 Å². The first kappa shape index (κ1) is 15.8. The Morgan fingerprint density at radius 3 is 2.32 bits per heavy atom. The Morgan fingerprint density at radius 1 is 1.05 bits per heavy atom. The van der Waals surface area contributed by atoms with Crippen LogP contribution in [0.25, 0.3) is 0 Å². The summed E-state index contributed by atoms with van der Waals surface area (Å²) < 4.78 is 25.2. The largest absolute Gasteiger partial charge is 0.508 e. The molecule has 1 N–H and O–H groups in total. The molecule has 1 aromatic rings. The lowest BCUT2D eigenvalue weighted by Gasteiger charge is -2.33. The van der Waals surface area contributed by atoms with Crippen molar-refractivity contribution in [2.45, 2.75) is 25.2 Å². The molecule has 3 rings (SSSR count). The molecule has 0 aromatic heterocycles. The van der Waals surface area contributed by atoms with Gasteiger partial charge in [-0.05, 0) is 56.0 Å². The molecule has 0 amide bonds. The molecule has 2 aliphatic rings. The second kappa shape index (κ2) is 6.56. The number of phenols is 1. The van der Waals surface area contributed by atoms with E-state index in [1.165, 1.54) is 5.56 Å². The lowest BCUT2D eigenvalue weighted by atomic mass is 9.89. The van der Waals surface area contributed by atoms with Gasteiger partial charge in [0.25, 0.3) is 0 Å². The maximum Gasteiger partial charge on any atom is 0.214 e. The minimum Gasteiger partial charge on any atom is -0.508 e. The zero-order valence-corrected chi connectivity index (χ0v) is 13.6. The Bertz CT molecular complexity index is 592. The number of aromatic hydroxyl groups is 1. The summed E-state index contributed by atoms with van der Waals surface area (Å²) in [6, 6.07) is 7.51.